The molecule has 0 unspecified atom stereocenters. The van der Waals surface area contributed by atoms with Crippen molar-refractivity contribution in [2.75, 3.05) is 5.75 Å². The number of nitrogens with one attached hydrogen (secondary N) is 10. The van der Waals surface area contributed by atoms with Crippen molar-refractivity contribution in [2.45, 2.75) is 206 Å². The first kappa shape index (κ1) is 61.5. The number of piperidine rings is 1. The minimum absolute atomic E-state index is 0.0880. The molecule has 1 aliphatic heterocycles. The number of carbonyl (C=O) groups excluding carboxylic acids is 10. The van der Waals surface area contributed by atoms with E-state index in [-0.39, 0.29) is 25.0 Å². The van der Waals surface area contributed by atoms with Gasteiger partial charge in [0.25, 0.3) is 0 Å². The summed E-state index contributed by atoms with van der Waals surface area (Å²) in [6, 6.07) is -6.01. The molecule has 0 radical (unpaired) electrons. The standard InChI is InChI=1S/C44H76N11O13S/c1-22(45-27(56)18-19-69)28(57)50-40(10,11)33(62)46-23(2)29(58)51-41(12,13)34(63)47-24(3)30(59)52-42(14,15)35(64)48-25(4)31(60)53-43(16,17)36(65)49-26(5)32(61)54-44(37(66)67)20-38(6,7)55(68)39(8,9)21-44/h22-26,69H,18-21H2,1-17H3,(H,45,56)(H,46,62)(H,47,63)(H,48,64)(H,49,65)(H,50,57)(H,51,58)(H,52,59)(H,53,60)(H,54,61)(H,66,67)/q-1/t22-,23-,24-,25-,26-/m0/s1. The van der Waals surface area contributed by atoms with Crippen molar-refractivity contribution >= 4 is 77.7 Å². The fraction of sp³-hybridized carbons (Fsp3) is 0.750. The van der Waals surface area contributed by atoms with E-state index < -0.39 is 134 Å². The first-order valence-corrected chi connectivity index (χ1v) is 23.1. The number of carboxylic acid groups (broad SMARTS) is 1. The predicted octanol–water partition coefficient (Wildman–Crippen LogP) is -1.50. The van der Waals surface area contributed by atoms with Crippen LogP contribution in [-0.2, 0) is 52.7 Å². The van der Waals surface area contributed by atoms with Crippen LogP contribution < -0.4 is 53.2 Å². The SMILES string of the molecule is C[C@H](NC(=O)CCS)C(=O)NC(C)(C)C(=O)N[C@@H](C)C(=O)NC(C)(C)C(=O)N[C@@H](C)C(=O)NC(C)(C)C(=O)N[C@@H](C)C(=O)NC(C)(C)C(=O)N[C@@H](C)C(=O)NC1(C(=O)O)CC(C)(C)N([O-])C(C)(C)C1. The Labute approximate surface area is 409 Å². The average molecular weight is 999 g/mol. The topological polar surface area (TPSA) is 355 Å². The fourth-order valence-electron chi connectivity index (χ4n) is 7.28. The Balaban J connectivity index is 2.83. The summed E-state index contributed by atoms with van der Waals surface area (Å²) in [5.74, 6) is -8.61. The molecular formula is C44H76N11O13S-. The van der Waals surface area contributed by atoms with E-state index in [2.05, 4.69) is 65.8 Å². The van der Waals surface area contributed by atoms with Gasteiger partial charge in [-0.25, -0.2) is 4.79 Å². The van der Waals surface area contributed by atoms with E-state index in [9.17, 15) is 63.1 Å². The highest BCUT2D eigenvalue weighted by Crippen LogP contribution is 2.43. The molecule has 25 heteroatoms. The van der Waals surface area contributed by atoms with Crippen molar-refractivity contribution in [3.05, 3.63) is 5.21 Å². The van der Waals surface area contributed by atoms with E-state index in [0.717, 1.165) is 5.06 Å². The number of carbonyl (C=O) groups is 11. The largest absolute Gasteiger partial charge is 0.784 e. The predicted molar refractivity (Wildman–Crippen MR) is 256 cm³/mol. The molecule has 1 fully saturated rings. The molecule has 0 bridgehead atoms. The maximum absolute atomic E-state index is 13.3. The summed E-state index contributed by atoms with van der Waals surface area (Å²) in [5.41, 5.74) is -10.6. The third kappa shape index (κ3) is 16.8. The Morgan fingerprint density at radius 1 is 0.507 bits per heavy atom. The molecule has 24 nitrogen and oxygen atoms in total. The molecule has 5 atom stereocenters. The number of aliphatic carboxylic acids is 1. The monoisotopic (exact) mass is 999 g/mol. The third-order valence-corrected chi connectivity index (χ3v) is 11.7. The second-order valence-corrected chi connectivity index (χ2v) is 21.6. The molecule has 1 heterocycles. The molecule has 11 N–H and O–H groups in total. The molecule has 1 saturated heterocycles. The van der Waals surface area contributed by atoms with Gasteiger partial charge in [-0.05, 0) is 136 Å². The van der Waals surface area contributed by atoms with E-state index in [0.29, 0.717) is 0 Å². The quantitative estimate of drug-likeness (QED) is 0.0550. The van der Waals surface area contributed by atoms with Crippen LogP contribution in [0.15, 0.2) is 0 Å². The molecule has 69 heavy (non-hydrogen) atoms. The Hall–Kier alpha value is -5.56. The summed E-state index contributed by atoms with van der Waals surface area (Å²) in [5, 5.41) is 48.8. The van der Waals surface area contributed by atoms with Gasteiger partial charge in [0.05, 0.1) is 0 Å². The number of amides is 10. The zero-order chi connectivity index (χ0) is 54.2. The summed E-state index contributed by atoms with van der Waals surface area (Å²) >= 11 is 3.98. The molecular weight excluding hydrogens is 923 g/mol. The van der Waals surface area contributed by atoms with Crippen LogP contribution in [0.2, 0.25) is 0 Å². The van der Waals surface area contributed by atoms with Gasteiger partial charge in [-0.3, -0.25) is 47.9 Å². The zero-order valence-electron chi connectivity index (χ0n) is 43.0. The molecule has 0 spiro atoms. The van der Waals surface area contributed by atoms with Gasteiger partial charge in [0.15, 0.2) is 0 Å². The summed E-state index contributed by atoms with van der Waals surface area (Å²) in [6.07, 6.45) is -0.339. The molecule has 10 amide bonds. The highest BCUT2D eigenvalue weighted by Gasteiger charge is 2.54. The van der Waals surface area contributed by atoms with Crippen LogP contribution in [0.5, 0.6) is 0 Å². The van der Waals surface area contributed by atoms with Crippen molar-refractivity contribution < 1.29 is 57.8 Å². The average Bonchev–Trinajstić information content (AvgIpc) is 3.18. The number of rotatable bonds is 22. The van der Waals surface area contributed by atoms with Gasteiger partial charge in [-0.15, -0.1) is 0 Å². The third-order valence-electron chi connectivity index (χ3n) is 11.4. The number of hydrogen-bond acceptors (Lipinski definition) is 14. The second kappa shape index (κ2) is 22.9. The lowest BCUT2D eigenvalue weighted by molar-refractivity contribution is -0.157. The van der Waals surface area contributed by atoms with Crippen molar-refractivity contribution in [1.82, 2.24) is 58.2 Å². The lowest BCUT2D eigenvalue weighted by Crippen LogP contribution is -2.71. The first-order valence-electron chi connectivity index (χ1n) is 22.5. The Kier molecular flexibility index (Phi) is 20.4. The van der Waals surface area contributed by atoms with Crippen molar-refractivity contribution in [3.63, 3.8) is 0 Å². The van der Waals surface area contributed by atoms with Crippen LogP contribution in [-0.4, -0.2) is 150 Å². The van der Waals surface area contributed by atoms with Crippen LogP contribution in [0.1, 0.15) is 137 Å². The van der Waals surface area contributed by atoms with Crippen LogP contribution in [0, 0.1) is 5.21 Å². The van der Waals surface area contributed by atoms with E-state index in [1.807, 2.05) is 0 Å². The van der Waals surface area contributed by atoms with Gasteiger partial charge in [0.2, 0.25) is 59.1 Å². The molecule has 1 aliphatic rings. The molecule has 0 aromatic carbocycles. The lowest BCUT2D eigenvalue weighted by atomic mass is 9.70. The molecule has 392 valence electrons. The molecule has 0 aliphatic carbocycles. The first-order chi connectivity index (χ1) is 31.0. The Morgan fingerprint density at radius 3 is 1.00 bits per heavy atom. The number of hydroxylamine groups is 2. The van der Waals surface area contributed by atoms with Crippen molar-refractivity contribution in [1.29, 1.82) is 0 Å². The van der Waals surface area contributed by atoms with Gasteiger partial charge >= 0.3 is 5.97 Å². The summed E-state index contributed by atoms with van der Waals surface area (Å²) in [4.78, 5) is 143. The second-order valence-electron chi connectivity index (χ2n) is 21.1. The van der Waals surface area contributed by atoms with Crippen molar-refractivity contribution in [3.8, 4) is 0 Å². The van der Waals surface area contributed by atoms with E-state index >= 15 is 0 Å². The van der Waals surface area contributed by atoms with Crippen LogP contribution in [0.3, 0.4) is 0 Å². The highest BCUT2D eigenvalue weighted by molar-refractivity contribution is 7.80. The molecule has 1 rings (SSSR count). The number of thiol groups is 1. The lowest BCUT2D eigenvalue weighted by Gasteiger charge is -2.62. The summed E-state index contributed by atoms with van der Waals surface area (Å²) in [7, 11) is 0. The van der Waals surface area contributed by atoms with Crippen LogP contribution >= 0.6 is 12.6 Å². The summed E-state index contributed by atoms with van der Waals surface area (Å²) in [6.45, 7) is 23.9. The maximum Gasteiger partial charge on any atom is 0.329 e. The molecule has 0 aromatic rings. The number of hydrogen-bond donors (Lipinski definition) is 12. The van der Waals surface area contributed by atoms with Gasteiger partial charge in [-0.1, -0.05) is 0 Å². The van der Waals surface area contributed by atoms with Crippen LogP contribution in [0.25, 0.3) is 0 Å². The fourth-order valence-corrected chi connectivity index (χ4v) is 7.49. The van der Waals surface area contributed by atoms with E-state index in [4.69, 9.17) is 0 Å². The van der Waals surface area contributed by atoms with E-state index in [1.54, 1.807) is 27.7 Å². The van der Waals surface area contributed by atoms with Gasteiger partial charge in [0, 0.05) is 17.5 Å². The minimum Gasteiger partial charge on any atom is -0.784 e. The molecule has 0 saturated carbocycles. The van der Waals surface area contributed by atoms with Crippen molar-refractivity contribution in [2.24, 2.45) is 0 Å². The summed E-state index contributed by atoms with van der Waals surface area (Å²) < 4.78 is 0. The number of carboxylic acids is 1. The minimum atomic E-state index is -1.82. The smallest absolute Gasteiger partial charge is 0.329 e. The normalized spacial score (nSPS) is 17.9. The number of nitrogens with zero attached hydrogens (tertiary/aromatic N) is 1. The molecule has 0 aromatic heterocycles. The zero-order valence-corrected chi connectivity index (χ0v) is 43.9. The maximum atomic E-state index is 13.3. The van der Waals surface area contributed by atoms with Gasteiger partial charge in [-0.2, -0.15) is 12.6 Å². The van der Waals surface area contributed by atoms with Gasteiger partial charge < -0.3 is 68.5 Å². The van der Waals surface area contributed by atoms with E-state index in [1.165, 1.54) is 90.0 Å². The Bertz CT molecular complexity index is 2000. The Morgan fingerprint density at radius 2 is 0.754 bits per heavy atom. The van der Waals surface area contributed by atoms with Crippen LogP contribution in [0.4, 0.5) is 0 Å². The van der Waals surface area contributed by atoms with Gasteiger partial charge in [0.1, 0.15) is 57.9 Å². The highest BCUT2D eigenvalue weighted by atomic mass is 32.1.